The number of alkyl halides is 6. The van der Waals surface area contributed by atoms with Gasteiger partial charge in [-0.05, 0) is 36.2 Å². The highest BCUT2D eigenvalue weighted by Gasteiger charge is 2.37. The molecule has 0 aliphatic carbocycles. The quantitative estimate of drug-likeness (QED) is 0.610. The first kappa shape index (κ1) is 20.8. The number of halogens is 6. The predicted molar refractivity (Wildman–Crippen MR) is 89.9 cm³/mol. The second-order valence-electron chi connectivity index (χ2n) is 6.23. The number of anilines is 1. The fourth-order valence-electron chi connectivity index (χ4n) is 2.74. The van der Waals surface area contributed by atoms with Crippen LogP contribution in [0.5, 0.6) is 0 Å². The number of nitrogens with one attached hydrogen (secondary N) is 1. The molecule has 2 aromatic heterocycles. The molecule has 0 radical (unpaired) electrons. The lowest BCUT2D eigenvalue weighted by molar-refractivity contribution is -0.146. The Hall–Kier alpha value is -2.89. The summed E-state index contributed by atoms with van der Waals surface area (Å²) in [4.78, 5) is 0. The molecular formula is C17H15F6N5O. The fourth-order valence-corrected chi connectivity index (χ4v) is 2.74. The van der Waals surface area contributed by atoms with Gasteiger partial charge in [-0.2, -0.15) is 30.9 Å². The zero-order valence-corrected chi connectivity index (χ0v) is 14.8. The first-order chi connectivity index (χ1) is 13.5. The summed E-state index contributed by atoms with van der Waals surface area (Å²) in [5, 5.41) is 23.6. The van der Waals surface area contributed by atoms with Gasteiger partial charge in [-0.3, -0.25) is 0 Å². The van der Waals surface area contributed by atoms with Gasteiger partial charge in [0.25, 0.3) is 5.82 Å². The van der Waals surface area contributed by atoms with E-state index in [1.165, 1.54) is 12.1 Å². The van der Waals surface area contributed by atoms with Crippen LogP contribution in [-0.4, -0.2) is 31.0 Å². The summed E-state index contributed by atoms with van der Waals surface area (Å²) in [5.74, 6) is -1.28. The van der Waals surface area contributed by atoms with Crippen LogP contribution in [0.2, 0.25) is 0 Å². The summed E-state index contributed by atoms with van der Waals surface area (Å²) >= 11 is 0. The summed E-state index contributed by atoms with van der Waals surface area (Å²) in [6.07, 6.45) is -10.2. The molecule has 2 N–H and O–H groups in total. The van der Waals surface area contributed by atoms with Crippen LogP contribution >= 0.6 is 0 Å². The van der Waals surface area contributed by atoms with Crippen molar-refractivity contribution in [3.8, 4) is 0 Å². The second kappa shape index (κ2) is 7.50. The zero-order valence-electron chi connectivity index (χ0n) is 14.8. The van der Waals surface area contributed by atoms with Gasteiger partial charge in [0.2, 0.25) is 0 Å². The van der Waals surface area contributed by atoms with E-state index in [0.29, 0.717) is 10.9 Å². The van der Waals surface area contributed by atoms with Crippen molar-refractivity contribution in [2.75, 3.05) is 5.32 Å². The first-order valence-corrected chi connectivity index (χ1v) is 8.42. The summed E-state index contributed by atoms with van der Waals surface area (Å²) in [6.45, 7) is 1.70. The average molecular weight is 419 g/mol. The number of aromatic nitrogens is 4. The summed E-state index contributed by atoms with van der Waals surface area (Å²) in [5.41, 5.74) is -0.744. The molecule has 2 atom stereocenters. The average Bonchev–Trinajstić information content (AvgIpc) is 3.08. The molecule has 0 aliphatic rings. The molecule has 2 heterocycles. The third-order valence-electron chi connectivity index (χ3n) is 4.25. The molecule has 0 amide bonds. The van der Waals surface area contributed by atoms with Gasteiger partial charge in [-0.1, -0.05) is 19.1 Å². The summed E-state index contributed by atoms with van der Waals surface area (Å²) < 4.78 is 77.5. The summed E-state index contributed by atoms with van der Waals surface area (Å²) in [7, 11) is 0. The van der Waals surface area contributed by atoms with E-state index in [1.807, 2.05) is 0 Å². The van der Waals surface area contributed by atoms with Gasteiger partial charge in [0.1, 0.15) is 5.82 Å². The number of hydrogen-bond acceptors (Lipinski definition) is 5. The maximum atomic E-state index is 13.0. The Morgan fingerprint density at radius 2 is 1.62 bits per heavy atom. The molecule has 0 saturated carbocycles. The number of aliphatic hydroxyl groups is 1. The van der Waals surface area contributed by atoms with Crippen LogP contribution in [0.15, 0.2) is 36.4 Å². The Labute approximate surface area is 160 Å². The van der Waals surface area contributed by atoms with E-state index in [1.54, 1.807) is 6.92 Å². The highest BCUT2D eigenvalue weighted by molar-refractivity contribution is 5.45. The van der Waals surface area contributed by atoms with E-state index in [0.717, 1.165) is 24.3 Å². The van der Waals surface area contributed by atoms with E-state index >= 15 is 0 Å². The van der Waals surface area contributed by atoms with Crippen molar-refractivity contribution in [3.63, 3.8) is 0 Å². The fraction of sp³-hybridized carbons (Fsp3) is 0.353. The van der Waals surface area contributed by atoms with Crippen LogP contribution in [0.25, 0.3) is 5.65 Å². The Balaban J connectivity index is 1.83. The minimum absolute atomic E-state index is 0.0145. The number of fused-ring (bicyclic) bond motifs is 1. The Morgan fingerprint density at radius 1 is 0.966 bits per heavy atom. The largest absolute Gasteiger partial charge is 0.453 e. The molecule has 3 aromatic rings. The van der Waals surface area contributed by atoms with E-state index in [2.05, 4.69) is 20.6 Å². The number of benzene rings is 1. The Bertz CT molecular complexity index is 983. The molecule has 156 valence electrons. The molecule has 1 aromatic carbocycles. The Morgan fingerprint density at radius 3 is 2.17 bits per heavy atom. The third-order valence-corrected chi connectivity index (χ3v) is 4.25. The topological polar surface area (TPSA) is 75.3 Å². The molecule has 29 heavy (non-hydrogen) atoms. The number of rotatable bonds is 5. The molecule has 3 rings (SSSR count). The van der Waals surface area contributed by atoms with Crippen molar-refractivity contribution in [1.82, 2.24) is 19.8 Å². The van der Waals surface area contributed by atoms with E-state index in [4.69, 9.17) is 0 Å². The van der Waals surface area contributed by atoms with Crippen molar-refractivity contribution in [3.05, 3.63) is 53.3 Å². The molecule has 12 heteroatoms. The smallest absolute Gasteiger partial charge is 0.386 e. The number of nitrogens with zero attached hydrogens (tertiary/aromatic N) is 4. The van der Waals surface area contributed by atoms with Crippen LogP contribution in [-0.2, 0) is 12.4 Å². The maximum absolute atomic E-state index is 13.0. The number of aliphatic hydroxyl groups excluding tert-OH is 1. The molecule has 2 unspecified atom stereocenters. The molecule has 0 bridgehead atoms. The highest BCUT2D eigenvalue weighted by atomic mass is 19.4. The lowest BCUT2D eigenvalue weighted by Gasteiger charge is -2.24. The third kappa shape index (κ3) is 4.42. The predicted octanol–water partition coefficient (Wildman–Crippen LogP) is 4.09. The van der Waals surface area contributed by atoms with Crippen molar-refractivity contribution < 1.29 is 31.4 Å². The van der Waals surface area contributed by atoms with E-state index < -0.39 is 35.9 Å². The van der Waals surface area contributed by atoms with Gasteiger partial charge in [-0.25, -0.2) is 0 Å². The van der Waals surface area contributed by atoms with Crippen LogP contribution in [0.1, 0.15) is 36.4 Å². The van der Waals surface area contributed by atoms with Crippen molar-refractivity contribution >= 4 is 11.5 Å². The lowest BCUT2D eigenvalue weighted by Crippen LogP contribution is -2.28. The minimum atomic E-state index is -4.76. The number of hydrogen-bond donors (Lipinski definition) is 2. The first-order valence-electron chi connectivity index (χ1n) is 8.42. The normalized spacial score (nSPS) is 14.8. The van der Waals surface area contributed by atoms with Gasteiger partial charge in [0, 0.05) is 0 Å². The molecule has 0 aliphatic heterocycles. The van der Waals surface area contributed by atoms with Crippen LogP contribution in [0, 0.1) is 0 Å². The standard InChI is InChI=1S/C17H15F6N5O/c1-2-11(14(29)9-3-5-10(6-4-9)16(18,19)20)24-12-7-8-13-25-26-15(17(21,22)23)28(13)27-12/h3-8,11,14,29H,2H2,1H3,(H,24,27). The maximum Gasteiger partial charge on any atom is 0.453 e. The van der Waals surface area contributed by atoms with Crippen molar-refractivity contribution in [2.45, 2.75) is 37.8 Å². The van der Waals surface area contributed by atoms with E-state index in [9.17, 15) is 31.4 Å². The van der Waals surface area contributed by atoms with Crippen LogP contribution < -0.4 is 5.32 Å². The molecular weight excluding hydrogens is 404 g/mol. The van der Waals surface area contributed by atoms with Crippen molar-refractivity contribution in [1.29, 1.82) is 0 Å². The van der Waals surface area contributed by atoms with Crippen LogP contribution in [0.4, 0.5) is 32.2 Å². The zero-order chi connectivity index (χ0) is 21.4. The van der Waals surface area contributed by atoms with Gasteiger partial charge in [0.05, 0.1) is 17.7 Å². The highest BCUT2D eigenvalue weighted by Crippen LogP contribution is 2.31. The summed E-state index contributed by atoms with van der Waals surface area (Å²) in [6, 6.07) is 5.92. The molecule has 6 nitrogen and oxygen atoms in total. The van der Waals surface area contributed by atoms with Crippen LogP contribution in [0.3, 0.4) is 0 Å². The lowest BCUT2D eigenvalue weighted by atomic mass is 9.99. The molecule has 0 spiro atoms. The van der Waals surface area contributed by atoms with Gasteiger partial charge in [0.15, 0.2) is 5.65 Å². The minimum Gasteiger partial charge on any atom is -0.386 e. The van der Waals surface area contributed by atoms with E-state index in [-0.39, 0.29) is 17.0 Å². The monoisotopic (exact) mass is 419 g/mol. The van der Waals surface area contributed by atoms with Gasteiger partial charge in [-0.15, -0.1) is 15.3 Å². The van der Waals surface area contributed by atoms with Crippen molar-refractivity contribution in [2.24, 2.45) is 0 Å². The van der Waals surface area contributed by atoms with Gasteiger partial charge < -0.3 is 10.4 Å². The molecule has 0 saturated heterocycles. The molecule has 0 fully saturated rings. The Kier molecular flexibility index (Phi) is 5.39. The van der Waals surface area contributed by atoms with Gasteiger partial charge >= 0.3 is 12.4 Å². The SMILES string of the molecule is CCC(Nc1ccc2nnc(C(F)(F)F)n2n1)C(O)c1ccc(C(F)(F)F)cc1. The second-order valence-corrected chi connectivity index (χ2v) is 6.23.